The first-order chi connectivity index (χ1) is 7.26. The number of hydrogen-bond donors (Lipinski definition) is 1. The molecule has 0 aliphatic carbocycles. The second-order valence-electron chi connectivity index (χ2n) is 3.05. The second-order valence-corrected chi connectivity index (χ2v) is 3.05. The molecule has 1 rings (SSSR count). The Kier molecular flexibility index (Phi) is 4.08. The fraction of sp³-hybridized carbons (Fsp3) is 0.300. The molecule has 0 bridgehead atoms. The van der Waals surface area contributed by atoms with Gasteiger partial charge < -0.3 is 5.73 Å². The van der Waals surface area contributed by atoms with Crippen molar-refractivity contribution in [3.8, 4) is 12.1 Å². The number of aromatic nitrogens is 1. The lowest BCUT2D eigenvalue weighted by molar-refractivity contribution is 0.335. The molecular formula is C10H11N5. The predicted molar refractivity (Wildman–Crippen MR) is 55.2 cm³/mol. The maximum absolute atomic E-state index is 8.56. The summed E-state index contributed by atoms with van der Waals surface area (Å²) in [5.41, 5.74) is 6.47. The van der Waals surface area contributed by atoms with Crippen molar-refractivity contribution in [2.24, 2.45) is 0 Å². The lowest BCUT2D eigenvalue weighted by Gasteiger charge is -2.14. The maximum Gasteiger partial charge on any atom is 0.123 e. The number of pyridine rings is 1. The zero-order valence-electron chi connectivity index (χ0n) is 8.22. The summed E-state index contributed by atoms with van der Waals surface area (Å²) in [5, 5.41) is 17.1. The Morgan fingerprint density at radius 2 is 2.00 bits per heavy atom. The quantitative estimate of drug-likeness (QED) is 0.717. The molecule has 0 aromatic carbocycles. The van der Waals surface area contributed by atoms with Gasteiger partial charge in [0.1, 0.15) is 5.82 Å². The van der Waals surface area contributed by atoms with Crippen LogP contribution in [0.3, 0.4) is 0 Å². The van der Waals surface area contributed by atoms with E-state index in [1.165, 1.54) is 0 Å². The fourth-order valence-corrected chi connectivity index (χ4v) is 1.22. The van der Waals surface area contributed by atoms with E-state index < -0.39 is 0 Å². The minimum atomic E-state index is 0.232. The summed E-state index contributed by atoms with van der Waals surface area (Å²) in [5.74, 6) is 0.446. The summed E-state index contributed by atoms with van der Waals surface area (Å²) in [7, 11) is 0. The standard InChI is InChI=1S/C10H11N5/c11-2-5-15(6-3-12)8-9-1-4-14-10(13)7-9/h1,4,7H,5-6,8H2,(H2,13,14). The van der Waals surface area contributed by atoms with Gasteiger partial charge in [-0.15, -0.1) is 0 Å². The minimum absolute atomic E-state index is 0.232. The number of hydrogen-bond acceptors (Lipinski definition) is 5. The molecule has 0 saturated carbocycles. The van der Waals surface area contributed by atoms with Crippen molar-refractivity contribution in [3.05, 3.63) is 23.9 Å². The summed E-state index contributed by atoms with van der Waals surface area (Å²) in [6.07, 6.45) is 1.61. The largest absolute Gasteiger partial charge is 0.384 e. The van der Waals surface area contributed by atoms with Crippen molar-refractivity contribution in [1.82, 2.24) is 9.88 Å². The topological polar surface area (TPSA) is 89.7 Å². The van der Waals surface area contributed by atoms with E-state index in [4.69, 9.17) is 16.3 Å². The Morgan fingerprint density at radius 1 is 1.33 bits per heavy atom. The zero-order chi connectivity index (χ0) is 11.1. The van der Waals surface area contributed by atoms with Crippen LogP contribution in [0.2, 0.25) is 0 Å². The lowest BCUT2D eigenvalue weighted by atomic mass is 10.2. The first kappa shape index (κ1) is 11.0. The van der Waals surface area contributed by atoms with Crippen LogP contribution in [0.5, 0.6) is 0 Å². The lowest BCUT2D eigenvalue weighted by Crippen LogP contribution is -2.23. The molecule has 1 aromatic rings. The molecule has 1 aromatic heterocycles. The van der Waals surface area contributed by atoms with Crippen molar-refractivity contribution < 1.29 is 0 Å². The molecule has 1 heterocycles. The molecule has 5 heteroatoms. The highest BCUT2D eigenvalue weighted by molar-refractivity contribution is 5.31. The van der Waals surface area contributed by atoms with Crippen molar-refractivity contribution in [3.63, 3.8) is 0 Å². The molecule has 0 aliphatic rings. The number of nitriles is 2. The van der Waals surface area contributed by atoms with Crippen molar-refractivity contribution in [1.29, 1.82) is 10.5 Å². The molecule has 0 unspecified atom stereocenters. The third kappa shape index (κ3) is 3.63. The van der Waals surface area contributed by atoms with Gasteiger partial charge in [0.25, 0.3) is 0 Å². The van der Waals surface area contributed by atoms with Crippen molar-refractivity contribution in [2.45, 2.75) is 6.54 Å². The van der Waals surface area contributed by atoms with Gasteiger partial charge in [0, 0.05) is 12.7 Å². The number of anilines is 1. The van der Waals surface area contributed by atoms with Crippen LogP contribution in [0.25, 0.3) is 0 Å². The molecule has 0 aliphatic heterocycles. The molecule has 15 heavy (non-hydrogen) atoms. The van der Waals surface area contributed by atoms with Gasteiger partial charge in [-0.05, 0) is 17.7 Å². The van der Waals surface area contributed by atoms with Gasteiger partial charge in [0.15, 0.2) is 0 Å². The van der Waals surface area contributed by atoms with Gasteiger partial charge in [-0.3, -0.25) is 4.90 Å². The molecule has 0 fully saturated rings. The predicted octanol–water partition coefficient (Wildman–Crippen LogP) is 0.513. The van der Waals surface area contributed by atoms with E-state index in [2.05, 4.69) is 4.98 Å². The number of nitrogen functional groups attached to an aromatic ring is 1. The minimum Gasteiger partial charge on any atom is -0.384 e. The monoisotopic (exact) mass is 201 g/mol. The first-order valence-electron chi connectivity index (χ1n) is 4.43. The second kappa shape index (κ2) is 5.58. The van der Waals surface area contributed by atoms with Gasteiger partial charge in [0.2, 0.25) is 0 Å². The molecule has 0 saturated heterocycles. The van der Waals surface area contributed by atoms with Crippen molar-refractivity contribution in [2.75, 3.05) is 18.8 Å². The van der Waals surface area contributed by atoms with Crippen LogP contribution in [0.15, 0.2) is 18.3 Å². The molecule has 0 spiro atoms. The third-order valence-corrected chi connectivity index (χ3v) is 1.84. The highest BCUT2D eigenvalue weighted by Gasteiger charge is 2.04. The Hall–Kier alpha value is -2.11. The molecule has 0 atom stereocenters. The van der Waals surface area contributed by atoms with Crippen LogP contribution in [0.1, 0.15) is 5.56 Å². The summed E-state index contributed by atoms with van der Waals surface area (Å²) in [4.78, 5) is 5.60. The van der Waals surface area contributed by atoms with E-state index >= 15 is 0 Å². The van der Waals surface area contributed by atoms with E-state index in [-0.39, 0.29) is 13.1 Å². The number of nitrogens with zero attached hydrogens (tertiary/aromatic N) is 4. The van der Waals surface area contributed by atoms with Crippen LogP contribution in [-0.4, -0.2) is 23.0 Å². The van der Waals surface area contributed by atoms with Gasteiger partial charge in [-0.1, -0.05) is 0 Å². The average Bonchev–Trinajstić information content (AvgIpc) is 2.18. The average molecular weight is 201 g/mol. The van der Waals surface area contributed by atoms with E-state index in [1.54, 1.807) is 17.2 Å². The van der Waals surface area contributed by atoms with E-state index in [1.807, 2.05) is 18.2 Å². The number of rotatable bonds is 4. The molecule has 76 valence electrons. The Bertz CT molecular complexity index is 385. The van der Waals surface area contributed by atoms with Gasteiger partial charge in [-0.25, -0.2) is 4.98 Å². The highest BCUT2D eigenvalue weighted by atomic mass is 15.1. The summed E-state index contributed by atoms with van der Waals surface area (Å²) in [6.45, 7) is 0.999. The summed E-state index contributed by atoms with van der Waals surface area (Å²) in [6, 6.07) is 7.59. The van der Waals surface area contributed by atoms with Crippen LogP contribution >= 0.6 is 0 Å². The van der Waals surface area contributed by atoms with Crippen LogP contribution in [0.4, 0.5) is 5.82 Å². The SMILES string of the molecule is N#CCN(CC#N)Cc1ccnc(N)c1. The van der Waals surface area contributed by atoms with E-state index in [0.717, 1.165) is 5.56 Å². The summed E-state index contributed by atoms with van der Waals surface area (Å²) >= 11 is 0. The van der Waals surface area contributed by atoms with Crippen LogP contribution < -0.4 is 5.73 Å². The normalized spacial score (nSPS) is 9.53. The van der Waals surface area contributed by atoms with E-state index in [9.17, 15) is 0 Å². The molecule has 0 radical (unpaired) electrons. The van der Waals surface area contributed by atoms with Gasteiger partial charge in [-0.2, -0.15) is 10.5 Å². The smallest absolute Gasteiger partial charge is 0.123 e. The van der Waals surface area contributed by atoms with Gasteiger partial charge in [0.05, 0.1) is 25.2 Å². The molecular weight excluding hydrogens is 190 g/mol. The van der Waals surface area contributed by atoms with Crippen LogP contribution in [-0.2, 0) is 6.54 Å². The molecule has 2 N–H and O–H groups in total. The van der Waals surface area contributed by atoms with Gasteiger partial charge >= 0.3 is 0 Å². The third-order valence-electron chi connectivity index (χ3n) is 1.84. The zero-order valence-corrected chi connectivity index (χ0v) is 8.22. The number of nitrogens with two attached hydrogens (primary N) is 1. The molecule has 5 nitrogen and oxygen atoms in total. The summed E-state index contributed by atoms with van der Waals surface area (Å²) < 4.78 is 0. The van der Waals surface area contributed by atoms with E-state index in [0.29, 0.717) is 12.4 Å². The molecule has 0 amide bonds. The fourth-order valence-electron chi connectivity index (χ4n) is 1.22. The van der Waals surface area contributed by atoms with Crippen molar-refractivity contribution >= 4 is 5.82 Å². The maximum atomic E-state index is 8.56. The van der Waals surface area contributed by atoms with Crippen LogP contribution in [0, 0.1) is 22.7 Å². The highest BCUT2D eigenvalue weighted by Crippen LogP contribution is 2.06. The Labute approximate surface area is 88.4 Å². The first-order valence-corrected chi connectivity index (χ1v) is 4.43. The Balaban J connectivity index is 2.66. The Morgan fingerprint density at radius 3 is 2.53 bits per heavy atom.